The summed E-state index contributed by atoms with van der Waals surface area (Å²) in [6, 6.07) is -2.09. The first-order valence-corrected chi connectivity index (χ1v) is 10.4. The van der Waals surface area contributed by atoms with E-state index < -0.39 is 34.4 Å². The molecule has 0 spiro atoms. The Morgan fingerprint density at radius 2 is 2.17 bits per heavy atom. The van der Waals surface area contributed by atoms with Crippen molar-refractivity contribution in [3.05, 3.63) is 12.4 Å². The summed E-state index contributed by atoms with van der Waals surface area (Å²) < 4.78 is 38.4. The van der Waals surface area contributed by atoms with Crippen LogP contribution in [-0.2, 0) is 24.3 Å². The van der Waals surface area contributed by atoms with Crippen molar-refractivity contribution in [3.63, 3.8) is 0 Å². The molecule has 3 saturated heterocycles. The SMILES string of the molecule is O=C(NOC[C@H]1C[C@@H](n2ccnn2)CN1)[C@@H]1CC[C@@H]2CN1C(=O)N2OS(=O)(=O)[O-].[Na+]. The van der Waals surface area contributed by atoms with Crippen LogP contribution < -0.4 is 40.4 Å². The van der Waals surface area contributed by atoms with E-state index in [9.17, 15) is 22.6 Å². The van der Waals surface area contributed by atoms with E-state index in [1.807, 2.05) is 0 Å². The number of amides is 3. The van der Waals surface area contributed by atoms with E-state index >= 15 is 0 Å². The molecular weight excluding hydrogens is 433 g/mol. The maximum Gasteiger partial charge on any atom is 1.00 e. The predicted octanol–water partition coefficient (Wildman–Crippen LogP) is -5.11. The van der Waals surface area contributed by atoms with Crippen LogP contribution in [0.2, 0.25) is 0 Å². The number of hydrogen-bond donors (Lipinski definition) is 2. The molecule has 0 saturated carbocycles. The molecule has 14 nitrogen and oxygen atoms in total. The van der Waals surface area contributed by atoms with E-state index in [0.29, 0.717) is 24.4 Å². The Kier molecular flexibility index (Phi) is 7.34. The molecule has 4 rings (SSSR count). The molecule has 0 unspecified atom stereocenters. The summed E-state index contributed by atoms with van der Waals surface area (Å²) in [4.78, 5) is 31.2. The summed E-state index contributed by atoms with van der Waals surface area (Å²) >= 11 is 0. The Morgan fingerprint density at radius 1 is 1.37 bits per heavy atom. The summed E-state index contributed by atoms with van der Waals surface area (Å²) in [6.45, 7) is 1.02. The first kappa shape index (κ1) is 23.3. The van der Waals surface area contributed by atoms with Crippen molar-refractivity contribution in [1.29, 1.82) is 0 Å². The Morgan fingerprint density at radius 3 is 2.87 bits per heavy atom. The average molecular weight is 453 g/mol. The van der Waals surface area contributed by atoms with Gasteiger partial charge in [-0.15, -0.1) is 5.10 Å². The number of hydroxylamine groups is 3. The van der Waals surface area contributed by atoms with Gasteiger partial charge in [0, 0.05) is 25.3 Å². The van der Waals surface area contributed by atoms with Crippen molar-refractivity contribution in [2.75, 3.05) is 19.7 Å². The van der Waals surface area contributed by atoms with Crippen LogP contribution in [0.5, 0.6) is 0 Å². The van der Waals surface area contributed by atoms with Gasteiger partial charge in [-0.25, -0.2) is 23.4 Å². The molecule has 4 atom stereocenters. The summed E-state index contributed by atoms with van der Waals surface area (Å²) in [6.07, 6.45) is 4.76. The molecule has 3 fully saturated rings. The van der Waals surface area contributed by atoms with Gasteiger partial charge in [-0.3, -0.25) is 9.63 Å². The number of hydrogen-bond acceptors (Lipinski definition) is 10. The fourth-order valence-electron chi connectivity index (χ4n) is 3.92. The molecule has 4 heterocycles. The van der Waals surface area contributed by atoms with Crippen molar-refractivity contribution in [1.82, 2.24) is 35.8 Å². The van der Waals surface area contributed by atoms with Gasteiger partial charge in [0.05, 0.1) is 24.9 Å². The van der Waals surface area contributed by atoms with Gasteiger partial charge >= 0.3 is 35.6 Å². The Balaban J connectivity index is 0.00000256. The van der Waals surface area contributed by atoms with Crippen LogP contribution >= 0.6 is 0 Å². The second kappa shape index (κ2) is 9.44. The number of carbonyl (C=O) groups is 2. The van der Waals surface area contributed by atoms with E-state index in [0.717, 1.165) is 6.42 Å². The Hall–Kier alpha value is -1.33. The molecule has 0 radical (unpaired) electrons. The minimum Gasteiger partial charge on any atom is -0.724 e. The number of nitrogens with one attached hydrogen (secondary N) is 2. The molecule has 30 heavy (non-hydrogen) atoms. The van der Waals surface area contributed by atoms with Crippen LogP contribution in [0.25, 0.3) is 0 Å². The maximum absolute atomic E-state index is 12.4. The molecule has 16 heteroatoms. The number of aromatic nitrogens is 3. The van der Waals surface area contributed by atoms with Crippen molar-refractivity contribution < 1.29 is 61.2 Å². The average Bonchev–Trinajstić information content (AvgIpc) is 3.39. The zero-order valence-electron chi connectivity index (χ0n) is 16.2. The van der Waals surface area contributed by atoms with Crippen LogP contribution in [0, 0.1) is 0 Å². The third kappa shape index (κ3) is 5.11. The topological polar surface area (TPSA) is 171 Å². The molecule has 160 valence electrons. The quantitative estimate of drug-likeness (QED) is 0.176. The first-order chi connectivity index (χ1) is 13.8. The molecule has 3 aliphatic rings. The van der Waals surface area contributed by atoms with Crippen molar-refractivity contribution in [3.8, 4) is 0 Å². The van der Waals surface area contributed by atoms with Crippen LogP contribution in [0.15, 0.2) is 12.4 Å². The molecule has 3 aliphatic heterocycles. The number of piperidine rings is 1. The number of rotatable bonds is 7. The van der Waals surface area contributed by atoms with Gasteiger partial charge in [0.1, 0.15) is 6.04 Å². The predicted molar refractivity (Wildman–Crippen MR) is 91.1 cm³/mol. The third-order valence-corrected chi connectivity index (χ3v) is 5.61. The zero-order chi connectivity index (χ0) is 20.6. The van der Waals surface area contributed by atoms with Crippen LogP contribution in [0.1, 0.15) is 25.3 Å². The van der Waals surface area contributed by atoms with Crippen molar-refractivity contribution in [2.24, 2.45) is 0 Å². The number of fused-ring (bicyclic) bond motifs is 2. The summed E-state index contributed by atoms with van der Waals surface area (Å²) in [5.74, 6) is -0.519. The van der Waals surface area contributed by atoms with Gasteiger partial charge in [0.25, 0.3) is 5.91 Å². The molecule has 1 aromatic rings. The fraction of sp³-hybridized carbons (Fsp3) is 0.714. The van der Waals surface area contributed by atoms with Gasteiger partial charge in [0.15, 0.2) is 0 Å². The largest absolute Gasteiger partial charge is 1.00 e. The summed E-state index contributed by atoms with van der Waals surface area (Å²) in [5, 5.41) is 11.5. The molecular formula is C14H20N7NaO7S. The fourth-order valence-corrected chi connectivity index (χ4v) is 4.30. The van der Waals surface area contributed by atoms with Gasteiger partial charge in [-0.1, -0.05) is 5.21 Å². The molecule has 0 aliphatic carbocycles. The normalized spacial score (nSPS) is 28.5. The molecule has 3 amide bonds. The van der Waals surface area contributed by atoms with Gasteiger partial charge < -0.3 is 14.8 Å². The molecule has 2 bridgehead atoms. The van der Waals surface area contributed by atoms with Crippen LogP contribution in [0.4, 0.5) is 4.79 Å². The molecule has 0 aromatic carbocycles. The van der Waals surface area contributed by atoms with Crippen LogP contribution in [-0.4, -0.2) is 87.7 Å². The molecule has 2 N–H and O–H groups in total. The van der Waals surface area contributed by atoms with Crippen molar-refractivity contribution >= 4 is 22.3 Å². The second-order valence-electron chi connectivity index (χ2n) is 7.15. The van der Waals surface area contributed by atoms with Gasteiger partial charge in [-0.2, -0.15) is 9.35 Å². The minimum atomic E-state index is -5.08. The van der Waals surface area contributed by atoms with E-state index in [1.165, 1.54) is 4.90 Å². The first-order valence-electron chi connectivity index (χ1n) is 9.08. The van der Waals surface area contributed by atoms with Gasteiger partial charge in [0.2, 0.25) is 10.4 Å². The van der Waals surface area contributed by atoms with Gasteiger partial charge in [-0.05, 0) is 19.3 Å². The number of nitrogens with zero attached hydrogens (tertiary/aromatic N) is 5. The summed E-state index contributed by atoms with van der Waals surface area (Å²) in [5.41, 5.74) is 2.35. The van der Waals surface area contributed by atoms with Crippen molar-refractivity contribution in [2.45, 2.75) is 43.4 Å². The minimum absolute atomic E-state index is 0. The molecule has 1 aromatic heterocycles. The van der Waals surface area contributed by atoms with E-state index in [2.05, 4.69) is 25.4 Å². The van der Waals surface area contributed by atoms with E-state index in [1.54, 1.807) is 17.1 Å². The monoisotopic (exact) mass is 453 g/mol. The van der Waals surface area contributed by atoms with E-state index in [-0.39, 0.29) is 54.8 Å². The summed E-state index contributed by atoms with van der Waals surface area (Å²) in [7, 11) is -5.08. The Bertz CT molecular complexity index is 870. The maximum atomic E-state index is 12.4. The number of carbonyl (C=O) groups excluding carboxylic acids is 2. The third-order valence-electron chi connectivity index (χ3n) is 5.27. The number of urea groups is 1. The smallest absolute Gasteiger partial charge is 0.724 e. The van der Waals surface area contributed by atoms with Crippen LogP contribution in [0.3, 0.4) is 0 Å². The Labute approximate surface area is 194 Å². The standard InChI is InChI=1S/C14H21N7O7S.Na/c22-13(17-27-8-9-5-11(6-15-9)20-4-3-16-18-20)12-2-1-10-7-19(12)14(23)21(10)28-29(24,25)26;/h3-4,9-12,15H,1-2,5-8H2,(H,17,22)(H,24,25,26);/q;+1/p-1/t9-,10-,11-,12+;/m1./s1. The second-order valence-corrected chi connectivity index (χ2v) is 8.11. The van der Waals surface area contributed by atoms with E-state index in [4.69, 9.17) is 4.84 Å². The zero-order valence-corrected chi connectivity index (χ0v) is 19.0.